The fourth-order valence-electron chi connectivity index (χ4n) is 1.39. The quantitative estimate of drug-likeness (QED) is 0.828. The maximum absolute atomic E-state index is 13.3. The molecule has 0 aliphatic rings. The van der Waals surface area contributed by atoms with Crippen molar-refractivity contribution in [2.75, 3.05) is 6.54 Å². The lowest BCUT2D eigenvalue weighted by Crippen LogP contribution is -2.33. The molecule has 1 N–H and O–H groups in total. The highest BCUT2D eigenvalue weighted by atomic mass is 19.1. The van der Waals surface area contributed by atoms with Crippen molar-refractivity contribution < 1.29 is 8.78 Å². The maximum atomic E-state index is 13.3. The van der Waals surface area contributed by atoms with Crippen LogP contribution in [-0.2, 0) is 6.54 Å². The zero-order valence-electron chi connectivity index (χ0n) is 11.0. The molecule has 0 saturated heterocycles. The van der Waals surface area contributed by atoms with Crippen molar-refractivity contribution in [3.8, 4) is 0 Å². The first kappa shape index (κ1) is 14.1. The van der Waals surface area contributed by atoms with E-state index in [1.54, 1.807) is 0 Å². The van der Waals surface area contributed by atoms with Gasteiger partial charge in [0, 0.05) is 24.7 Å². The Hall–Kier alpha value is -0.960. The summed E-state index contributed by atoms with van der Waals surface area (Å²) < 4.78 is 26.1. The average Bonchev–Trinajstić information content (AvgIpc) is 2.21. The Morgan fingerprint density at radius 3 is 2.41 bits per heavy atom. The minimum atomic E-state index is -0.534. The molecule has 17 heavy (non-hydrogen) atoms. The zero-order valence-corrected chi connectivity index (χ0v) is 11.0. The predicted molar refractivity (Wildman–Crippen MR) is 66.7 cm³/mol. The maximum Gasteiger partial charge on any atom is 0.130 e. The molecule has 0 radical (unpaired) electrons. The minimum Gasteiger partial charge on any atom is -0.312 e. The lowest BCUT2D eigenvalue weighted by Gasteiger charge is -2.29. The van der Waals surface area contributed by atoms with Gasteiger partial charge in [-0.3, -0.25) is 0 Å². The highest BCUT2D eigenvalue weighted by molar-refractivity contribution is 5.18. The van der Waals surface area contributed by atoms with Crippen LogP contribution >= 0.6 is 0 Å². The van der Waals surface area contributed by atoms with Gasteiger partial charge in [-0.1, -0.05) is 33.8 Å². The lowest BCUT2D eigenvalue weighted by molar-refractivity contribution is 0.237. The van der Waals surface area contributed by atoms with Crippen molar-refractivity contribution >= 4 is 0 Å². The van der Waals surface area contributed by atoms with Crippen LogP contribution in [0.15, 0.2) is 18.2 Å². The Morgan fingerprint density at radius 2 is 1.88 bits per heavy atom. The summed E-state index contributed by atoms with van der Waals surface area (Å²) in [7, 11) is 0. The lowest BCUT2D eigenvalue weighted by atomic mass is 9.81. The van der Waals surface area contributed by atoms with Crippen LogP contribution in [0.4, 0.5) is 8.78 Å². The topological polar surface area (TPSA) is 12.0 Å². The van der Waals surface area contributed by atoms with Gasteiger partial charge in [-0.25, -0.2) is 8.78 Å². The van der Waals surface area contributed by atoms with Crippen LogP contribution in [0.5, 0.6) is 0 Å². The van der Waals surface area contributed by atoms with Gasteiger partial charge in [0.05, 0.1) is 0 Å². The van der Waals surface area contributed by atoms with Gasteiger partial charge >= 0.3 is 0 Å². The number of halogens is 2. The van der Waals surface area contributed by atoms with Gasteiger partial charge in [-0.2, -0.15) is 0 Å². The molecule has 0 amide bonds. The Labute approximate surface area is 102 Å². The van der Waals surface area contributed by atoms with E-state index in [2.05, 4.69) is 33.0 Å². The van der Waals surface area contributed by atoms with Crippen LogP contribution in [0.1, 0.15) is 33.3 Å². The van der Waals surface area contributed by atoms with Crippen molar-refractivity contribution in [1.82, 2.24) is 5.32 Å². The summed E-state index contributed by atoms with van der Waals surface area (Å²) in [5, 5.41) is 3.22. The van der Waals surface area contributed by atoms with Crippen molar-refractivity contribution in [1.29, 1.82) is 0 Å². The van der Waals surface area contributed by atoms with E-state index in [9.17, 15) is 8.78 Å². The molecule has 0 spiro atoms. The third-order valence-electron chi connectivity index (χ3n) is 3.47. The third kappa shape index (κ3) is 4.08. The molecular formula is C14H21F2N. The summed E-state index contributed by atoms with van der Waals surface area (Å²) in [5.41, 5.74) is 0.669. The molecule has 0 bridgehead atoms. The predicted octanol–water partition coefficient (Wildman–Crippen LogP) is 3.74. The molecule has 3 heteroatoms. The first-order chi connectivity index (χ1) is 7.83. The molecule has 0 heterocycles. The van der Waals surface area contributed by atoms with E-state index >= 15 is 0 Å². The highest BCUT2D eigenvalue weighted by Crippen LogP contribution is 2.24. The molecule has 0 atom stereocenters. The molecule has 1 aromatic rings. The van der Waals surface area contributed by atoms with Gasteiger partial charge in [0.25, 0.3) is 0 Å². The summed E-state index contributed by atoms with van der Waals surface area (Å²) in [6.07, 6.45) is 0. The summed E-state index contributed by atoms with van der Waals surface area (Å²) in [5.74, 6) is -0.471. The van der Waals surface area contributed by atoms with Gasteiger partial charge in [0.1, 0.15) is 11.6 Å². The SMILES string of the molecule is CC(C)C(C)(C)CNCc1ccc(F)cc1F. The molecule has 0 aliphatic carbocycles. The molecule has 0 unspecified atom stereocenters. The molecule has 0 saturated carbocycles. The van der Waals surface area contributed by atoms with Gasteiger partial charge < -0.3 is 5.32 Å². The summed E-state index contributed by atoms with van der Waals surface area (Å²) >= 11 is 0. The highest BCUT2D eigenvalue weighted by Gasteiger charge is 2.21. The molecule has 0 fully saturated rings. The van der Waals surface area contributed by atoms with Crippen LogP contribution in [0.25, 0.3) is 0 Å². The molecule has 1 aromatic carbocycles. The van der Waals surface area contributed by atoms with Crippen molar-refractivity contribution in [3.05, 3.63) is 35.4 Å². The number of benzene rings is 1. The second-order valence-corrected chi connectivity index (χ2v) is 5.48. The van der Waals surface area contributed by atoms with Gasteiger partial charge in [0.2, 0.25) is 0 Å². The number of nitrogens with one attached hydrogen (secondary N) is 1. The van der Waals surface area contributed by atoms with E-state index in [1.165, 1.54) is 12.1 Å². The summed E-state index contributed by atoms with van der Waals surface area (Å²) in [6.45, 7) is 9.92. The molecule has 0 aliphatic heterocycles. The van der Waals surface area contributed by atoms with E-state index in [4.69, 9.17) is 0 Å². The fourth-order valence-corrected chi connectivity index (χ4v) is 1.39. The number of rotatable bonds is 5. The Morgan fingerprint density at radius 1 is 1.24 bits per heavy atom. The van der Waals surface area contributed by atoms with Crippen molar-refractivity contribution in [2.24, 2.45) is 11.3 Å². The van der Waals surface area contributed by atoms with Gasteiger partial charge in [-0.15, -0.1) is 0 Å². The largest absolute Gasteiger partial charge is 0.312 e. The zero-order chi connectivity index (χ0) is 13.1. The van der Waals surface area contributed by atoms with Crippen LogP contribution in [0.2, 0.25) is 0 Å². The Balaban J connectivity index is 2.51. The Bertz CT molecular complexity index is 372. The normalized spacial score (nSPS) is 12.2. The van der Waals surface area contributed by atoms with Gasteiger partial charge in [0.15, 0.2) is 0 Å². The monoisotopic (exact) mass is 241 g/mol. The van der Waals surface area contributed by atoms with Crippen LogP contribution in [-0.4, -0.2) is 6.54 Å². The van der Waals surface area contributed by atoms with E-state index < -0.39 is 11.6 Å². The second-order valence-electron chi connectivity index (χ2n) is 5.48. The first-order valence-electron chi connectivity index (χ1n) is 5.97. The second kappa shape index (κ2) is 5.58. The average molecular weight is 241 g/mol. The standard InChI is InChI=1S/C14H21F2N/c1-10(2)14(3,4)9-17-8-11-5-6-12(15)7-13(11)16/h5-7,10,17H,8-9H2,1-4H3. The minimum absolute atomic E-state index is 0.163. The van der Waals surface area contributed by atoms with Crippen LogP contribution in [0.3, 0.4) is 0 Å². The molecule has 1 rings (SSSR count). The third-order valence-corrected chi connectivity index (χ3v) is 3.47. The van der Waals surface area contributed by atoms with Crippen LogP contribution < -0.4 is 5.32 Å². The summed E-state index contributed by atoms with van der Waals surface area (Å²) in [4.78, 5) is 0. The fraction of sp³-hybridized carbons (Fsp3) is 0.571. The van der Waals surface area contributed by atoms with Crippen molar-refractivity contribution in [2.45, 2.75) is 34.2 Å². The Kier molecular flexibility index (Phi) is 4.63. The van der Waals surface area contributed by atoms with Crippen LogP contribution in [0, 0.1) is 23.0 Å². The smallest absolute Gasteiger partial charge is 0.130 e. The number of hydrogen-bond donors (Lipinski definition) is 1. The van der Waals surface area contributed by atoms with E-state index in [0.29, 0.717) is 18.0 Å². The molecule has 0 aromatic heterocycles. The molecule has 1 nitrogen and oxygen atoms in total. The van der Waals surface area contributed by atoms with E-state index in [-0.39, 0.29) is 5.41 Å². The molecule has 96 valence electrons. The van der Waals surface area contributed by atoms with E-state index in [1.807, 2.05) is 0 Å². The van der Waals surface area contributed by atoms with Gasteiger partial charge in [-0.05, 0) is 17.4 Å². The summed E-state index contributed by atoms with van der Waals surface area (Å²) in [6, 6.07) is 3.69. The number of hydrogen-bond acceptors (Lipinski definition) is 1. The van der Waals surface area contributed by atoms with E-state index in [0.717, 1.165) is 12.6 Å². The molecular weight excluding hydrogens is 220 g/mol. The first-order valence-corrected chi connectivity index (χ1v) is 5.97. The van der Waals surface area contributed by atoms with Crippen molar-refractivity contribution in [3.63, 3.8) is 0 Å².